The molecular weight excluding hydrogens is 284 g/mol. The van der Waals surface area contributed by atoms with Crippen LogP contribution >= 0.6 is 15.9 Å². The van der Waals surface area contributed by atoms with Crippen molar-refractivity contribution in [2.45, 2.75) is 0 Å². The third-order valence-corrected chi connectivity index (χ3v) is 2.57. The Bertz CT molecular complexity index is 547. The Hall–Kier alpha value is -1.95. The molecule has 2 aromatic rings. The van der Waals surface area contributed by atoms with Crippen molar-refractivity contribution in [3.05, 3.63) is 47.7 Å². The van der Waals surface area contributed by atoms with Gasteiger partial charge in [0.25, 0.3) is 0 Å². The first-order valence-corrected chi connectivity index (χ1v) is 5.59. The van der Waals surface area contributed by atoms with Gasteiger partial charge in [0.1, 0.15) is 6.33 Å². The van der Waals surface area contributed by atoms with Gasteiger partial charge in [-0.3, -0.25) is 10.1 Å². The molecule has 0 aliphatic carbocycles. The smallest absolute Gasteiger partial charge is 0.250 e. The summed E-state index contributed by atoms with van der Waals surface area (Å²) < 4.78 is 2.51. The first-order valence-electron chi connectivity index (χ1n) is 4.80. The number of benzene rings is 1. The predicted molar refractivity (Wildman–Crippen MR) is 67.9 cm³/mol. The highest BCUT2D eigenvalue weighted by Crippen LogP contribution is 2.16. The lowest BCUT2D eigenvalue weighted by atomic mass is 10.3. The molecule has 6 heteroatoms. The summed E-state index contributed by atoms with van der Waals surface area (Å²) in [5, 5.41) is 6.62. The molecule has 0 aliphatic rings. The minimum absolute atomic E-state index is 0.323. The van der Waals surface area contributed by atoms with Crippen molar-refractivity contribution in [2.24, 2.45) is 0 Å². The summed E-state index contributed by atoms with van der Waals surface area (Å²) in [6, 6.07) is 7.50. The van der Waals surface area contributed by atoms with Crippen molar-refractivity contribution in [1.82, 2.24) is 14.8 Å². The topological polar surface area (TPSA) is 59.8 Å². The molecule has 0 aliphatic heterocycles. The lowest BCUT2D eigenvalue weighted by molar-refractivity contribution is -0.111. The molecule has 0 radical (unpaired) electrons. The Morgan fingerprint density at radius 3 is 2.76 bits per heavy atom. The average molecular weight is 293 g/mol. The van der Waals surface area contributed by atoms with E-state index < -0.39 is 0 Å². The van der Waals surface area contributed by atoms with Crippen LogP contribution in [0.1, 0.15) is 0 Å². The molecule has 5 nitrogen and oxygen atoms in total. The third-order valence-electron chi connectivity index (χ3n) is 2.04. The van der Waals surface area contributed by atoms with Crippen molar-refractivity contribution in [3.8, 4) is 5.69 Å². The normalized spacial score (nSPS) is 9.94. The number of halogens is 1. The van der Waals surface area contributed by atoms with Gasteiger partial charge >= 0.3 is 0 Å². The molecular formula is C11H9BrN4O. The van der Waals surface area contributed by atoms with Gasteiger partial charge in [0.05, 0.1) is 5.69 Å². The average Bonchev–Trinajstić information content (AvgIpc) is 2.78. The second kappa shape index (κ2) is 4.92. The SMILES string of the molecule is C=CC(=O)Nc1ncnn1-c1ccc(Br)cc1. The van der Waals surface area contributed by atoms with Gasteiger partial charge in [0, 0.05) is 4.47 Å². The second-order valence-corrected chi connectivity index (χ2v) is 4.08. The standard InChI is InChI=1S/C11H9BrN4O/c1-2-10(17)15-11-13-7-14-16(11)9-5-3-8(12)4-6-9/h2-7H,1H2,(H,13,14,15,17). The van der Waals surface area contributed by atoms with E-state index in [2.05, 4.69) is 37.9 Å². The van der Waals surface area contributed by atoms with Crippen molar-refractivity contribution in [1.29, 1.82) is 0 Å². The van der Waals surface area contributed by atoms with Crippen molar-refractivity contribution >= 4 is 27.8 Å². The number of amides is 1. The summed E-state index contributed by atoms with van der Waals surface area (Å²) >= 11 is 3.35. The number of anilines is 1. The summed E-state index contributed by atoms with van der Waals surface area (Å²) in [6.07, 6.45) is 2.56. The zero-order valence-electron chi connectivity index (χ0n) is 8.80. The molecule has 0 saturated heterocycles. The largest absolute Gasteiger partial charge is 0.291 e. The molecule has 0 spiro atoms. The fourth-order valence-electron chi connectivity index (χ4n) is 1.26. The van der Waals surface area contributed by atoms with Gasteiger partial charge in [-0.2, -0.15) is 14.8 Å². The second-order valence-electron chi connectivity index (χ2n) is 3.17. The number of hydrogen-bond acceptors (Lipinski definition) is 3. The van der Waals surface area contributed by atoms with Crippen LogP contribution in [0.15, 0.2) is 47.7 Å². The summed E-state index contributed by atoms with van der Waals surface area (Å²) in [4.78, 5) is 15.2. The zero-order chi connectivity index (χ0) is 12.3. The lowest BCUT2D eigenvalue weighted by Crippen LogP contribution is -2.12. The summed E-state index contributed by atoms with van der Waals surface area (Å²) in [7, 11) is 0. The number of rotatable bonds is 3. The van der Waals surface area contributed by atoms with Crippen LogP contribution in [0.3, 0.4) is 0 Å². The highest BCUT2D eigenvalue weighted by atomic mass is 79.9. The van der Waals surface area contributed by atoms with E-state index in [9.17, 15) is 4.79 Å². The van der Waals surface area contributed by atoms with Gasteiger partial charge in [-0.15, -0.1) is 0 Å². The molecule has 0 saturated carbocycles. The predicted octanol–water partition coefficient (Wildman–Crippen LogP) is 2.15. The van der Waals surface area contributed by atoms with Gasteiger partial charge in [-0.1, -0.05) is 22.5 Å². The fraction of sp³-hybridized carbons (Fsp3) is 0. The molecule has 1 aromatic heterocycles. The van der Waals surface area contributed by atoms with E-state index >= 15 is 0 Å². The van der Waals surface area contributed by atoms with Crippen molar-refractivity contribution in [2.75, 3.05) is 5.32 Å². The Labute approximate surface area is 106 Å². The summed E-state index contributed by atoms with van der Waals surface area (Å²) in [5.41, 5.74) is 0.810. The summed E-state index contributed by atoms with van der Waals surface area (Å²) in [6.45, 7) is 3.38. The zero-order valence-corrected chi connectivity index (χ0v) is 10.4. The molecule has 0 atom stereocenters. The van der Waals surface area contributed by atoms with Crippen LogP contribution < -0.4 is 5.32 Å². The Balaban J connectivity index is 2.33. The molecule has 17 heavy (non-hydrogen) atoms. The molecule has 1 heterocycles. The maximum Gasteiger partial charge on any atom is 0.250 e. The molecule has 2 rings (SSSR count). The van der Waals surface area contributed by atoms with Gasteiger partial charge < -0.3 is 0 Å². The van der Waals surface area contributed by atoms with Crippen LogP contribution in [-0.4, -0.2) is 20.7 Å². The maximum atomic E-state index is 11.2. The van der Waals surface area contributed by atoms with E-state index in [1.807, 2.05) is 24.3 Å². The van der Waals surface area contributed by atoms with E-state index in [4.69, 9.17) is 0 Å². The van der Waals surface area contributed by atoms with Gasteiger partial charge in [-0.25, -0.2) is 0 Å². The minimum Gasteiger partial charge on any atom is -0.291 e. The Morgan fingerprint density at radius 1 is 1.41 bits per heavy atom. The van der Waals surface area contributed by atoms with E-state index in [0.717, 1.165) is 10.2 Å². The molecule has 86 valence electrons. The molecule has 0 unspecified atom stereocenters. The number of hydrogen-bond donors (Lipinski definition) is 1. The van der Waals surface area contributed by atoms with Crippen LogP contribution in [0.4, 0.5) is 5.95 Å². The number of nitrogens with one attached hydrogen (secondary N) is 1. The first-order chi connectivity index (χ1) is 8.20. The number of aromatic nitrogens is 3. The van der Waals surface area contributed by atoms with Crippen LogP contribution in [0, 0.1) is 0 Å². The molecule has 1 N–H and O–H groups in total. The first kappa shape index (κ1) is 11.5. The fourth-order valence-corrected chi connectivity index (χ4v) is 1.52. The monoisotopic (exact) mass is 292 g/mol. The minimum atomic E-state index is -0.323. The molecule has 0 bridgehead atoms. The number of carbonyl (C=O) groups is 1. The van der Waals surface area contributed by atoms with E-state index in [1.54, 1.807) is 0 Å². The van der Waals surface area contributed by atoms with Crippen molar-refractivity contribution in [3.63, 3.8) is 0 Å². The van der Waals surface area contributed by atoms with Crippen LogP contribution in [0.5, 0.6) is 0 Å². The van der Waals surface area contributed by atoms with Gasteiger partial charge in [0.15, 0.2) is 0 Å². The summed E-state index contributed by atoms with van der Waals surface area (Å²) in [5.74, 6) is 0.0357. The van der Waals surface area contributed by atoms with Crippen LogP contribution in [0.2, 0.25) is 0 Å². The quantitative estimate of drug-likeness (QED) is 0.882. The number of carbonyl (C=O) groups excluding carboxylic acids is 1. The molecule has 0 fully saturated rings. The molecule has 1 aromatic carbocycles. The molecule has 1 amide bonds. The lowest BCUT2D eigenvalue weighted by Gasteiger charge is -2.05. The highest BCUT2D eigenvalue weighted by molar-refractivity contribution is 9.10. The Kier molecular flexibility index (Phi) is 3.34. The van der Waals surface area contributed by atoms with Crippen LogP contribution in [0.25, 0.3) is 5.69 Å². The van der Waals surface area contributed by atoms with E-state index in [-0.39, 0.29) is 5.91 Å². The van der Waals surface area contributed by atoms with Crippen molar-refractivity contribution < 1.29 is 4.79 Å². The third kappa shape index (κ3) is 2.59. The van der Waals surface area contributed by atoms with E-state index in [1.165, 1.54) is 17.1 Å². The van der Waals surface area contributed by atoms with Crippen LogP contribution in [-0.2, 0) is 4.79 Å². The number of nitrogens with zero attached hydrogens (tertiary/aromatic N) is 3. The van der Waals surface area contributed by atoms with Gasteiger partial charge in [0.2, 0.25) is 11.9 Å². The highest BCUT2D eigenvalue weighted by Gasteiger charge is 2.07. The maximum absolute atomic E-state index is 11.2. The van der Waals surface area contributed by atoms with Gasteiger partial charge in [-0.05, 0) is 30.3 Å². The van der Waals surface area contributed by atoms with E-state index in [0.29, 0.717) is 5.95 Å². The Morgan fingerprint density at radius 2 is 2.12 bits per heavy atom.